The maximum atomic E-state index is 4.12. The van der Waals surface area contributed by atoms with E-state index in [2.05, 4.69) is 18.2 Å². The third-order valence-electron chi connectivity index (χ3n) is 1.23. The van der Waals surface area contributed by atoms with Gasteiger partial charge in [-0.3, -0.25) is 4.99 Å². The Kier molecular flexibility index (Phi) is 6.16. The van der Waals surface area contributed by atoms with E-state index in [1.54, 1.807) is 11.8 Å². The molecule has 0 aromatic carbocycles. The largest absolute Gasteiger partial charge is 0.286 e. The van der Waals surface area contributed by atoms with Crippen molar-refractivity contribution in [3.63, 3.8) is 0 Å². The highest BCUT2D eigenvalue weighted by Gasteiger charge is 1.92. The maximum absolute atomic E-state index is 4.12. The normalized spacial score (nSPS) is 12.1. The molecule has 0 aromatic rings. The Balaban J connectivity index is 3.33. The number of thioether (sulfide) groups is 1. The molecular formula is C7H15NS. The fraction of sp³-hybridized carbons (Fsp3) is 0.857. The summed E-state index contributed by atoms with van der Waals surface area (Å²) >= 11 is 1.76. The Morgan fingerprint density at radius 3 is 2.56 bits per heavy atom. The topological polar surface area (TPSA) is 12.4 Å². The van der Waals surface area contributed by atoms with Crippen LogP contribution < -0.4 is 0 Å². The number of aliphatic imine (C=N–C) groups is 1. The lowest BCUT2D eigenvalue weighted by Crippen LogP contribution is -1.89. The van der Waals surface area contributed by atoms with E-state index >= 15 is 0 Å². The van der Waals surface area contributed by atoms with Crippen molar-refractivity contribution in [3.05, 3.63) is 0 Å². The van der Waals surface area contributed by atoms with Crippen LogP contribution in [0.2, 0.25) is 0 Å². The molecule has 0 bridgehead atoms. The Bertz CT molecular complexity index is 88.9. The summed E-state index contributed by atoms with van der Waals surface area (Å²) in [7, 11) is 1.86. The molecule has 0 saturated carbocycles. The van der Waals surface area contributed by atoms with E-state index in [1.165, 1.54) is 17.9 Å². The fourth-order valence-electron chi connectivity index (χ4n) is 0.633. The van der Waals surface area contributed by atoms with Gasteiger partial charge in [-0.25, -0.2) is 0 Å². The smallest absolute Gasteiger partial charge is 0.0669 e. The van der Waals surface area contributed by atoms with Gasteiger partial charge < -0.3 is 0 Å². The number of nitrogens with zero attached hydrogens (tertiary/aromatic N) is 1. The second kappa shape index (κ2) is 6.14. The van der Waals surface area contributed by atoms with Crippen molar-refractivity contribution in [2.75, 3.05) is 13.3 Å². The first-order valence-electron chi connectivity index (χ1n) is 3.34. The van der Waals surface area contributed by atoms with Gasteiger partial charge in [0.25, 0.3) is 0 Å². The SMILES string of the molecule is CCCCC(=NC)SC. The summed E-state index contributed by atoms with van der Waals surface area (Å²) in [4.78, 5) is 4.12. The molecular weight excluding hydrogens is 130 g/mol. The summed E-state index contributed by atoms with van der Waals surface area (Å²) in [5.41, 5.74) is 0. The average molecular weight is 145 g/mol. The van der Waals surface area contributed by atoms with Gasteiger partial charge >= 0.3 is 0 Å². The van der Waals surface area contributed by atoms with E-state index in [0.29, 0.717) is 0 Å². The molecule has 0 aliphatic carbocycles. The molecule has 0 atom stereocenters. The molecule has 0 radical (unpaired) electrons. The Morgan fingerprint density at radius 1 is 1.56 bits per heavy atom. The van der Waals surface area contributed by atoms with Crippen molar-refractivity contribution in [1.29, 1.82) is 0 Å². The van der Waals surface area contributed by atoms with Crippen LogP contribution in [0.5, 0.6) is 0 Å². The molecule has 0 aliphatic rings. The van der Waals surface area contributed by atoms with Crippen molar-refractivity contribution in [2.24, 2.45) is 4.99 Å². The zero-order chi connectivity index (χ0) is 7.11. The van der Waals surface area contributed by atoms with Crippen LogP contribution in [0.4, 0.5) is 0 Å². The van der Waals surface area contributed by atoms with E-state index in [4.69, 9.17) is 0 Å². The minimum Gasteiger partial charge on any atom is -0.286 e. The van der Waals surface area contributed by atoms with E-state index < -0.39 is 0 Å². The second-order valence-corrected chi connectivity index (χ2v) is 2.80. The third-order valence-corrected chi connectivity index (χ3v) is 2.09. The molecule has 0 unspecified atom stereocenters. The van der Waals surface area contributed by atoms with Crippen molar-refractivity contribution >= 4 is 16.8 Å². The number of hydrogen-bond donors (Lipinski definition) is 0. The van der Waals surface area contributed by atoms with E-state index in [-0.39, 0.29) is 0 Å². The van der Waals surface area contributed by atoms with Gasteiger partial charge in [0.15, 0.2) is 0 Å². The Hall–Kier alpha value is 0.0200. The molecule has 9 heavy (non-hydrogen) atoms. The van der Waals surface area contributed by atoms with Crippen molar-refractivity contribution in [1.82, 2.24) is 0 Å². The molecule has 0 heterocycles. The van der Waals surface area contributed by atoms with E-state index in [9.17, 15) is 0 Å². The predicted molar refractivity (Wildman–Crippen MR) is 46.4 cm³/mol. The minimum atomic E-state index is 1.16. The number of hydrogen-bond acceptors (Lipinski definition) is 2. The summed E-state index contributed by atoms with van der Waals surface area (Å²) < 4.78 is 0. The van der Waals surface area contributed by atoms with E-state index in [0.717, 1.165) is 6.42 Å². The van der Waals surface area contributed by atoms with Gasteiger partial charge in [-0.15, -0.1) is 11.8 Å². The van der Waals surface area contributed by atoms with Crippen LogP contribution >= 0.6 is 11.8 Å². The number of unbranched alkanes of at least 4 members (excludes halogenated alkanes) is 1. The maximum Gasteiger partial charge on any atom is 0.0669 e. The van der Waals surface area contributed by atoms with Gasteiger partial charge in [0.1, 0.15) is 0 Å². The minimum absolute atomic E-state index is 1.16. The van der Waals surface area contributed by atoms with Gasteiger partial charge in [0.05, 0.1) is 5.04 Å². The van der Waals surface area contributed by atoms with Crippen LogP contribution in [0.25, 0.3) is 0 Å². The van der Waals surface area contributed by atoms with Gasteiger partial charge in [-0.05, 0) is 19.1 Å². The quantitative estimate of drug-likeness (QED) is 0.439. The van der Waals surface area contributed by atoms with Crippen molar-refractivity contribution < 1.29 is 0 Å². The first-order chi connectivity index (χ1) is 4.35. The van der Waals surface area contributed by atoms with Crippen LogP contribution in [-0.4, -0.2) is 18.3 Å². The molecule has 0 saturated heterocycles. The summed E-state index contributed by atoms with van der Waals surface area (Å²) in [6, 6.07) is 0. The molecule has 0 rings (SSSR count). The molecule has 0 aliphatic heterocycles. The highest BCUT2D eigenvalue weighted by atomic mass is 32.2. The van der Waals surface area contributed by atoms with Gasteiger partial charge in [-0.2, -0.15) is 0 Å². The second-order valence-electron chi connectivity index (χ2n) is 1.93. The highest BCUT2D eigenvalue weighted by molar-refractivity contribution is 8.13. The van der Waals surface area contributed by atoms with Gasteiger partial charge in [-0.1, -0.05) is 13.3 Å². The van der Waals surface area contributed by atoms with Gasteiger partial charge in [0, 0.05) is 7.05 Å². The summed E-state index contributed by atoms with van der Waals surface area (Å²) in [5.74, 6) is 0. The van der Waals surface area contributed by atoms with E-state index in [1.807, 2.05) is 7.05 Å². The van der Waals surface area contributed by atoms with Crippen molar-refractivity contribution in [2.45, 2.75) is 26.2 Å². The highest BCUT2D eigenvalue weighted by Crippen LogP contribution is 2.06. The van der Waals surface area contributed by atoms with Gasteiger partial charge in [0.2, 0.25) is 0 Å². The Morgan fingerprint density at radius 2 is 2.22 bits per heavy atom. The van der Waals surface area contributed by atoms with Crippen LogP contribution in [0, 0.1) is 0 Å². The first kappa shape index (κ1) is 9.02. The molecule has 0 N–H and O–H groups in total. The predicted octanol–water partition coefficient (Wildman–Crippen LogP) is 2.57. The molecule has 1 nitrogen and oxygen atoms in total. The zero-order valence-electron chi connectivity index (χ0n) is 6.48. The summed E-state index contributed by atoms with van der Waals surface area (Å²) in [6.45, 7) is 2.20. The van der Waals surface area contributed by atoms with Crippen molar-refractivity contribution in [3.8, 4) is 0 Å². The van der Waals surface area contributed by atoms with Crippen LogP contribution in [0.3, 0.4) is 0 Å². The lowest BCUT2D eigenvalue weighted by molar-refractivity contribution is 0.839. The fourth-order valence-corrected chi connectivity index (χ4v) is 1.16. The lowest BCUT2D eigenvalue weighted by Gasteiger charge is -1.97. The number of rotatable bonds is 3. The average Bonchev–Trinajstić information content (AvgIpc) is 1.91. The standard InChI is InChI=1S/C7H15NS/c1-4-5-6-7(8-2)9-3/h4-6H2,1-3H3. The monoisotopic (exact) mass is 145 g/mol. The lowest BCUT2D eigenvalue weighted by atomic mass is 10.3. The molecule has 0 amide bonds. The van der Waals surface area contributed by atoms with Crippen LogP contribution in [-0.2, 0) is 0 Å². The molecule has 0 aromatic heterocycles. The molecule has 0 spiro atoms. The molecule has 54 valence electrons. The zero-order valence-corrected chi connectivity index (χ0v) is 7.29. The first-order valence-corrected chi connectivity index (χ1v) is 4.57. The van der Waals surface area contributed by atoms with Crippen LogP contribution in [0.1, 0.15) is 26.2 Å². The summed E-state index contributed by atoms with van der Waals surface area (Å²) in [5, 5.41) is 1.27. The Labute approximate surface area is 61.9 Å². The van der Waals surface area contributed by atoms with Crippen LogP contribution in [0.15, 0.2) is 4.99 Å². The molecule has 0 fully saturated rings. The summed E-state index contributed by atoms with van der Waals surface area (Å²) in [6.07, 6.45) is 5.78. The third kappa shape index (κ3) is 4.52. The molecule has 2 heteroatoms.